The SMILES string of the molecule is COC(=O)CC[C@@H](C)[C@H]1CCC2C3CC[C@@H]4C[C@@H](NC(=O)c5ccccc5CO)CC[C@]4(C)C3C[C@H](O)[C@@]21C. The number of fused-ring (bicyclic) bond motifs is 5. The van der Waals surface area contributed by atoms with E-state index < -0.39 is 0 Å². The highest BCUT2D eigenvalue weighted by Crippen LogP contribution is 2.68. The molecule has 0 bridgehead atoms. The molecule has 1 aromatic carbocycles. The summed E-state index contributed by atoms with van der Waals surface area (Å²) in [5.41, 5.74) is 1.36. The van der Waals surface area contributed by atoms with Gasteiger partial charge in [-0.3, -0.25) is 9.59 Å². The summed E-state index contributed by atoms with van der Waals surface area (Å²) < 4.78 is 4.89. The summed E-state index contributed by atoms with van der Waals surface area (Å²) in [7, 11) is 1.46. The molecule has 4 aliphatic carbocycles. The van der Waals surface area contributed by atoms with Crippen LogP contribution in [0.5, 0.6) is 0 Å². The maximum Gasteiger partial charge on any atom is 0.305 e. The predicted molar refractivity (Wildman–Crippen MR) is 151 cm³/mol. The Morgan fingerprint density at radius 1 is 1.08 bits per heavy atom. The molecule has 1 amide bonds. The van der Waals surface area contributed by atoms with Gasteiger partial charge >= 0.3 is 5.97 Å². The molecular formula is C33H49NO5. The number of hydrogen-bond donors (Lipinski definition) is 3. The number of carbonyl (C=O) groups excluding carboxylic acids is 2. The molecule has 10 atom stereocenters. The van der Waals surface area contributed by atoms with E-state index in [1.807, 2.05) is 18.2 Å². The normalized spacial score (nSPS) is 40.1. The monoisotopic (exact) mass is 539 g/mol. The minimum atomic E-state index is -0.306. The molecule has 4 fully saturated rings. The maximum atomic E-state index is 13.1. The number of aliphatic hydroxyl groups is 2. The lowest BCUT2D eigenvalue weighted by Gasteiger charge is -2.62. The van der Waals surface area contributed by atoms with Crippen LogP contribution >= 0.6 is 0 Å². The molecule has 6 heteroatoms. The van der Waals surface area contributed by atoms with Gasteiger partial charge in [0.2, 0.25) is 0 Å². The molecule has 0 radical (unpaired) electrons. The topological polar surface area (TPSA) is 95.9 Å². The van der Waals surface area contributed by atoms with Gasteiger partial charge in [0.1, 0.15) is 0 Å². The minimum absolute atomic E-state index is 0.0782. The Hall–Kier alpha value is -1.92. The first-order valence-electron chi connectivity index (χ1n) is 15.4. The highest BCUT2D eigenvalue weighted by atomic mass is 16.5. The van der Waals surface area contributed by atoms with Crippen molar-refractivity contribution < 1.29 is 24.5 Å². The highest BCUT2D eigenvalue weighted by Gasteiger charge is 2.63. The van der Waals surface area contributed by atoms with Crippen molar-refractivity contribution in [1.29, 1.82) is 0 Å². The van der Waals surface area contributed by atoms with Crippen molar-refractivity contribution in [3.05, 3.63) is 35.4 Å². The smallest absolute Gasteiger partial charge is 0.305 e. The standard InChI is InChI=1S/C33H49NO5/c1-20(9-14-30(37)39-4)26-12-13-27-25-11-10-22-17-23(34-31(38)24-8-6-5-7-21(24)19-35)15-16-32(22,2)28(25)18-29(36)33(26,27)3/h5-8,20,22-23,25-29,35-36H,9-19H2,1-4H3,(H,34,38)/t20-,22-,23+,25?,26-,27?,28?,29+,32+,33-/m1/s1. The number of hydrogen-bond acceptors (Lipinski definition) is 5. The van der Waals surface area contributed by atoms with Crippen LogP contribution in [-0.4, -0.2) is 41.3 Å². The molecule has 1 aromatic rings. The fourth-order valence-corrected chi connectivity index (χ4v) is 10.1. The molecule has 39 heavy (non-hydrogen) atoms. The summed E-state index contributed by atoms with van der Waals surface area (Å²) in [6.07, 6.45) is 9.66. The van der Waals surface area contributed by atoms with Gasteiger partial charge in [0.05, 0.1) is 19.8 Å². The van der Waals surface area contributed by atoms with E-state index >= 15 is 0 Å². The summed E-state index contributed by atoms with van der Waals surface area (Å²) in [6, 6.07) is 7.47. The molecule has 4 saturated carbocycles. The molecule has 3 N–H and O–H groups in total. The van der Waals surface area contributed by atoms with E-state index in [0.717, 1.165) is 38.5 Å². The minimum Gasteiger partial charge on any atom is -0.469 e. The van der Waals surface area contributed by atoms with Gasteiger partial charge in [-0.15, -0.1) is 0 Å². The summed E-state index contributed by atoms with van der Waals surface area (Å²) in [5.74, 6) is 2.90. The first kappa shape index (κ1) is 28.6. The fraction of sp³-hybridized carbons (Fsp3) is 0.758. The number of carbonyl (C=O) groups is 2. The summed E-state index contributed by atoms with van der Waals surface area (Å²) in [4.78, 5) is 24.9. The lowest BCUT2D eigenvalue weighted by atomic mass is 9.43. The van der Waals surface area contributed by atoms with Crippen molar-refractivity contribution in [2.75, 3.05) is 7.11 Å². The number of amides is 1. The van der Waals surface area contributed by atoms with Gasteiger partial charge < -0.3 is 20.3 Å². The van der Waals surface area contributed by atoms with Crippen molar-refractivity contribution in [2.24, 2.45) is 46.3 Å². The van der Waals surface area contributed by atoms with Crippen molar-refractivity contribution in [2.45, 2.75) is 104 Å². The van der Waals surface area contributed by atoms with Crippen LogP contribution in [0, 0.1) is 46.3 Å². The molecule has 3 unspecified atom stereocenters. The summed E-state index contributed by atoms with van der Waals surface area (Å²) >= 11 is 0. The van der Waals surface area contributed by atoms with Crippen LogP contribution in [-0.2, 0) is 16.1 Å². The van der Waals surface area contributed by atoms with Gasteiger partial charge in [0.25, 0.3) is 5.91 Å². The Balaban J connectivity index is 1.26. The van der Waals surface area contributed by atoms with Crippen LogP contribution in [0.3, 0.4) is 0 Å². The fourth-order valence-electron chi connectivity index (χ4n) is 10.1. The van der Waals surface area contributed by atoms with Gasteiger partial charge in [-0.2, -0.15) is 0 Å². The number of rotatable bonds is 7. The first-order chi connectivity index (χ1) is 18.6. The van der Waals surface area contributed by atoms with E-state index in [2.05, 4.69) is 26.1 Å². The van der Waals surface area contributed by atoms with Crippen molar-refractivity contribution >= 4 is 11.9 Å². The highest BCUT2D eigenvalue weighted by molar-refractivity contribution is 5.95. The van der Waals surface area contributed by atoms with E-state index in [1.54, 1.807) is 6.07 Å². The number of aliphatic hydroxyl groups excluding tert-OH is 2. The Morgan fingerprint density at radius 3 is 2.59 bits per heavy atom. The predicted octanol–water partition coefficient (Wildman–Crippen LogP) is 5.50. The lowest BCUT2D eigenvalue weighted by molar-refractivity contribution is -0.169. The molecular weight excluding hydrogens is 490 g/mol. The van der Waals surface area contributed by atoms with Crippen LogP contribution in [0.2, 0.25) is 0 Å². The number of ether oxygens (including phenoxy) is 1. The van der Waals surface area contributed by atoms with Gasteiger partial charge in [0.15, 0.2) is 0 Å². The van der Waals surface area contributed by atoms with Gasteiger partial charge in [-0.25, -0.2) is 0 Å². The molecule has 0 aliphatic heterocycles. The molecule has 6 nitrogen and oxygen atoms in total. The molecule has 0 aromatic heterocycles. The molecule has 0 spiro atoms. The molecule has 0 heterocycles. The van der Waals surface area contributed by atoms with Crippen LogP contribution in [0.15, 0.2) is 24.3 Å². The summed E-state index contributed by atoms with van der Waals surface area (Å²) in [5, 5.41) is 24.8. The zero-order valence-corrected chi connectivity index (χ0v) is 24.3. The molecule has 5 rings (SSSR count). The third kappa shape index (κ3) is 4.94. The zero-order valence-electron chi connectivity index (χ0n) is 24.3. The second-order valence-corrected chi connectivity index (χ2v) is 13.8. The zero-order chi connectivity index (χ0) is 27.9. The number of methoxy groups -OCH3 is 1. The molecule has 216 valence electrons. The number of esters is 1. The van der Waals surface area contributed by atoms with E-state index in [0.29, 0.717) is 53.1 Å². The van der Waals surface area contributed by atoms with Crippen molar-refractivity contribution in [1.82, 2.24) is 5.32 Å². The average Bonchev–Trinajstić information content (AvgIpc) is 3.31. The van der Waals surface area contributed by atoms with Crippen molar-refractivity contribution in [3.63, 3.8) is 0 Å². The molecule has 4 aliphatic rings. The van der Waals surface area contributed by atoms with Gasteiger partial charge in [-0.1, -0.05) is 39.0 Å². The maximum absolute atomic E-state index is 13.1. The largest absolute Gasteiger partial charge is 0.469 e. The van der Waals surface area contributed by atoms with Crippen LogP contribution in [0.1, 0.15) is 101 Å². The van der Waals surface area contributed by atoms with E-state index in [-0.39, 0.29) is 41.5 Å². The quantitative estimate of drug-likeness (QED) is 0.398. The van der Waals surface area contributed by atoms with Gasteiger partial charge in [0, 0.05) is 18.0 Å². The Labute approximate surface area is 234 Å². The van der Waals surface area contributed by atoms with Crippen molar-refractivity contribution in [3.8, 4) is 0 Å². The van der Waals surface area contributed by atoms with E-state index in [4.69, 9.17) is 4.74 Å². The third-order valence-electron chi connectivity index (χ3n) is 12.3. The number of nitrogens with one attached hydrogen (secondary N) is 1. The Morgan fingerprint density at radius 2 is 1.85 bits per heavy atom. The van der Waals surface area contributed by atoms with Gasteiger partial charge in [-0.05, 0) is 116 Å². The second kappa shape index (κ2) is 11.2. The second-order valence-electron chi connectivity index (χ2n) is 13.8. The number of benzene rings is 1. The first-order valence-corrected chi connectivity index (χ1v) is 15.4. The molecule has 0 saturated heterocycles. The average molecular weight is 540 g/mol. The van der Waals surface area contributed by atoms with E-state index in [9.17, 15) is 19.8 Å². The lowest BCUT2D eigenvalue weighted by Crippen LogP contribution is -2.59. The van der Waals surface area contributed by atoms with Crippen LogP contribution < -0.4 is 5.32 Å². The Kier molecular flexibility index (Phi) is 8.18. The Bertz CT molecular complexity index is 1060. The third-order valence-corrected chi connectivity index (χ3v) is 12.3. The van der Waals surface area contributed by atoms with Crippen LogP contribution in [0.4, 0.5) is 0 Å². The van der Waals surface area contributed by atoms with E-state index in [1.165, 1.54) is 26.4 Å². The summed E-state index contributed by atoms with van der Waals surface area (Å²) in [6.45, 7) is 6.97. The van der Waals surface area contributed by atoms with Crippen LogP contribution in [0.25, 0.3) is 0 Å².